The molecule has 0 unspecified atom stereocenters. The summed E-state index contributed by atoms with van der Waals surface area (Å²) in [5, 5.41) is 3.84. The Labute approximate surface area is 180 Å². The van der Waals surface area contributed by atoms with Crippen molar-refractivity contribution in [2.24, 2.45) is 4.66 Å². The van der Waals surface area contributed by atoms with Gasteiger partial charge in [0.2, 0.25) is 0 Å². The highest BCUT2D eigenvalue weighted by Gasteiger charge is 2.39. The van der Waals surface area contributed by atoms with Crippen molar-refractivity contribution in [1.82, 2.24) is 4.98 Å². The van der Waals surface area contributed by atoms with E-state index < -0.39 is 8.24 Å². The molecule has 0 spiro atoms. The van der Waals surface area contributed by atoms with Gasteiger partial charge in [0.25, 0.3) is 8.24 Å². The second-order valence-electron chi connectivity index (χ2n) is 8.64. The molecule has 4 rings (SSSR count). The van der Waals surface area contributed by atoms with E-state index in [9.17, 15) is 0 Å². The summed E-state index contributed by atoms with van der Waals surface area (Å²) in [6.07, 6.45) is 2.04. The van der Waals surface area contributed by atoms with Crippen LogP contribution < -0.4 is 15.6 Å². The Hall–Kier alpha value is -3.17. The Kier molecular flexibility index (Phi) is 5.56. The van der Waals surface area contributed by atoms with Crippen molar-refractivity contribution in [3.05, 3.63) is 115 Å². The Bertz CT molecular complexity index is 1010. The fourth-order valence-electron chi connectivity index (χ4n) is 3.85. The number of aromatic amines is 1. The molecule has 0 saturated heterocycles. The zero-order chi connectivity index (χ0) is 21.0. The molecule has 3 heteroatoms. The maximum absolute atomic E-state index is 5.41. The van der Waals surface area contributed by atoms with E-state index in [-0.39, 0.29) is 5.41 Å². The van der Waals surface area contributed by atoms with Gasteiger partial charge in [-0.2, -0.15) is 0 Å². The number of rotatable bonds is 5. The lowest BCUT2D eigenvalue weighted by Gasteiger charge is -2.29. The summed E-state index contributed by atoms with van der Waals surface area (Å²) in [4.78, 5) is 3.55. The molecule has 0 amide bonds. The first-order chi connectivity index (χ1) is 14.5. The molecule has 0 aliphatic carbocycles. The third-order valence-corrected chi connectivity index (χ3v) is 9.51. The number of aromatic nitrogens is 1. The number of nitrogens with zero attached hydrogens (tertiary/aromatic N) is 1. The zero-order valence-electron chi connectivity index (χ0n) is 17.8. The highest BCUT2D eigenvalue weighted by Crippen LogP contribution is 2.20. The van der Waals surface area contributed by atoms with E-state index >= 15 is 0 Å². The largest absolute Gasteiger partial charge is 0.357 e. The Morgan fingerprint density at radius 2 is 1.07 bits per heavy atom. The van der Waals surface area contributed by atoms with Crippen LogP contribution in [0.25, 0.3) is 0 Å². The van der Waals surface area contributed by atoms with Gasteiger partial charge in [0.05, 0.1) is 5.69 Å². The van der Waals surface area contributed by atoms with Gasteiger partial charge in [-0.1, -0.05) is 112 Å². The molecule has 0 atom stereocenters. The van der Waals surface area contributed by atoms with Gasteiger partial charge in [0.15, 0.2) is 0 Å². The summed E-state index contributed by atoms with van der Waals surface area (Å²) in [6, 6.07) is 36.5. The number of benzene rings is 3. The molecule has 0 bridgehead atoms. The minimum absolute atomic E-state index is 0.0822. The Morgan fingerprint density at radius 1 is 0.633 bits per heavy atom. The van der Waals surface area contributed by atoms with Gasteiger partial charge in [-0.3, -0.25) is 0 Å². The van der Waals surface area contributed by atoms with Crippen LogP contribution in [0.3, 0.4) is 0 Å². The maximum atomic E-state index is 5.41. The monoisotopic (exact) mass is 408 g/mol. The lowest BCUT2D eigenvalue weighted by Crippen LogP contribution is -2.66. The van der Waals surface area contributed by atoms with Crippen molar-refractivity contribution < 1.29 is 0 Å². The third-order valence-electron chi connectivity index (χ3n) is 5.49. The van der Waals surface area contributed by atoms with E-state index in [2.05, 4.69) is 129 Å². The quantitative estimate of drug-likeness (QED) is 0.288. The first-order valence-corrected chi connectivity index (χ1v) is 12.4. The summed E-state index contributed by atoms with van der Waals surface area (Å²) < 4.78 is 5.41. The van der Waals surface area contributed by atoms with Crippen molar-refractivity contribution in [3.8, 4) is 0 Å². The molecule has 1 heterocycles. The fourth-order valence-corrected chi connectivity index (χ4v) is 7.66. The lowest BCUT2D eigenvalue weighted by atomic mass is 9.93. The molecule has 1 aromatic heterocycles. The van der Waals surface area contributed by atoms with Crippen LogP contribution in [0.15, 0.2) is 108 Å². The number of nitrogens with one attached hydrogen (secondary N) is 1. The van der Waals surface area contributed by atoms with E-state index in [4.69, 9.17) is 4.66 Å². The molecule has 150 valence electrons. The van der Waals surface area contributed by atoms with Crippen molar-refractivity contribution in [1.29, 1.82) is 0 Å². The highest BCUT2D eigenvalue weighted by molar-refractivity contribution is 7.10. The van der Waals surface area contributed by atoms with Crippen LogP contribution in [-0.2, 0) is 5.41 Å². The Balaban J connectivity index is 1.92. The molecule has 2 nitrogen and oxygen atoms in total. The summed E-state index contributed by atoms with van der Waals surface area (Å²) >= 11 is 0. The predicted molar refractivity (Wildman–Crippen MR) is 131 cm³/mol. The molecule has 1 N–H and O–H groups in total. The van der Waals surface area contributed by atoms with E-state index in [1.54, 1.807) is 0 Å². The maximum Gasteiger partial charge on any atom is 0.273 e. The second-order valence-corrected chi connectivity index (χ2v) is 12.1. The molecule has 0 aliphatic heterocycles. The summed E-state index contributed by atoms with van der Waals surface area (Å²) in [6.45, 7) is 6.66. The minimum Gasteiger partial charge on any atom is -0.357 e. The van der Waals surface area contributed by atoms with Gasteiger partial charge in [-0.05, 0) is 27.7 Å². The van der Waals surface area contributed by atoms with Gasteiger partial charge < -0.3 is 9.64 Å². The first-order valence-electron chi connectivity index (χ1n) is 10.4. The topological polar surface area (TPSA) is 28.1 Å². The number of H-pyrrole nitrogens is 1. The van der Waals surface area contributed by atoms with Gasteiger partial charge >= 0.3 is 0 Å². The minimum atomic E-state index is -2.59. The standard InChI is InChI=1S/C27H28N2Si/c1-27(2,3)26-20-19-22(29-26)21-28-30(23-13-7-4-8-14-23,24-15-9-5-10-16-24)25-17-11-6-12-18-25/h4-21,29H,1-3H3/b28-21+. The average molecular weight is 409 g/mol. The predicted octanol–water partition coefficient (Wildman–Crippen LogP) is 4.40. The highest BCUT2D eigenvalue weighted by atomic mass is 28.3. The summed E-state index contributed by atoms with van der Waals surface area (Å²) in [5.41, 5.74) is 2.34. The first kappa shape index (κ1) is 20.1. The molecule has 30 heavy (non-hydrogen) atoms. The SMILES string of the molecule is CC(C)(C)c1ccc(/C=N/[Si](c2ccccc2)(c2ccccc2)c2ccccc2)[nH]1. The lowest BCUT2D eigenvalue weighted by molar-refractivity contribution is 0.572. The van der Waals surface area contributed by atoms with Gasteiger partial charge in [-0.25, -0.2) is 0 Å². The number of hydrogen-bond donors (Lipinski definition) is 1. The van der Waals surface area contributed by atoms with Crippen molar-refractivity contribution in [2.45, 2.75) is 26.2 Å². The van der Waals surface area contributed by atoms with E-state index in [0.29, 0.717) is 0 Å². The number of hydrogen-bond acceptors (Lipinski definition) is 1. The van der Waals surface area contributed by atoms with Gasteiger partial charge in [0, 0.05) is 17.3 Å². The second kappa shape index (κ2) is 8.29. The van der Waals surface area contributed by atoms with E-state index in [0.717, 1.165) is 5.69 Å². The van der Waals surface area contributed by atoms with Crippen LogP contribution >= 0.6 is 0 Å². The molecular formula is C27H28N2Si. The summed E-state index contributed by atoms with van der Waals surface area (Å²) in [5.74, 6) is 0. The van der Waals surface area contributed by atoms with Crippen LogP contribution in [0.1, 0.15) is 32.2 Å². The van der Waals surface area contributed by atoms with Crippen molar-refractivity contribution in [3.63, 3.8) is 0 Å². The fraction of sp³-hybridized carbons (Fsp3) is 0.148. The van der Waals surface area contributed by atoms with Crippen molar-refractivity contribution in [2.75, 3.05) is 0 Å². The zero-order valence-corrected chi connectivity index (χ0v) is 18.8. The normalized spacial score (nSPS) is 12.4. The smallest absolute Gasteiger partial charge is 0.273 e. The van der Waals surface area contributed by atoms with Crippen LogP contribution in [-0.4, -0.2) is 19.4 Å². The molecule has 0 fully saturated rings. The molecule has 0 saturated carbocycles. The Morgan fingerprint density at radius 3 is 1.43 bits per heavy atom. The van der Waals surface area contributed by atoms with E-state index in [1.165, 1.54) is 21.3 Å². The molecule has 3 aromatic carbocycles. The van der Waals surface area contributed by atoms with Crippen LogP contribution in [0.2, 0.25) is 0 Å². The van der Waals surface area contributed by atoms with Crippen LogP contribution in [0, 0.1) is 0 Å². The molecule has 0 aliphatic rings. The van der Waals surface area contributed by atoms with Crippen molar-refractivity contribution >= 4 is 30.0 Å². The average Bonchev–Trinajstić information content (AvgIpc) is 3.26. The van der Waals surface area contributed by atoms with Gasteiger partial charge in [-0.15, -0.1) is 0 Å². The molecular weight excluding hydrogens is 380 g/mol. The summed E-state index contributed by atoms with van der Waals surface area (Å²) in [7, 11) is -2.59. The van der Waals surface area contributed by atoms with Crippen LogP contribution in [0.4, 0.5) is 0 Å². The van der Waals surface area contributed by atoms with Crippen LogP contribution in [0.5, 0.6) is 0 Å². The molecule has 4 aromatic rings. The molecule has 0 radical (unpaired) electrons. The third kappa shape index (κ3) is 3.94. The van der Waals surface area contributed by atoms with E-state index in [1.807, 2.05) is 6.21 Å². The van der Waals surface area contributed by atoms with Gasteiger partial charge in [0.1, 0.15) is 0 Å².